The Morgan fingerprint density at radius 3 is 1.23 bits per heavy atom. The molecule has 2 aliphatic carbocycles. The first-order valence-electron chi connectivity index (χ1n) is 15.4. The number of rotatable bonds is 10. The summed E-state index contributed by atoms with van der Waals surface area (Å²) in [6.07, 6.45) is 4.68. The summed E-state index contributed by atoms with van der Waals surface area (Å²) in [5.74, 6) is 4.08. The van der Waals surface area contributed by atoms with Gasteiger partial charge in [0, 0.05) is 11.8 Å². The topological polar surface area (TPSA) is 18.5 Å². The van der Waals surface area contributed by atoms with E-state index in [4.69, 9.17) is 8.85 Å². The molecule has 0 N–H and O–H groups in total. The number of hydrogen-bond acceptors (Lipinski definition) is 2. The summed E-state index contributed by atoms with van der Waals surface area (Å²) in [4.78, 5) is 0. The molecule has 0 radical (unpaired) electrons. The van der Waals surface area contributed by atoms with Gasteiger partial charge in [-0.1, -0.05) is 111 Å². The predicted octanol–water partition coefficient (Wildman–Crippen LogP) is 11.2. The lowest BCUT2D eigenvalue weighted by Crippen LogP contribution is -2.46. The molecule has 2 aromatic carbocycles. The molecule has 0 fully saturated rings. The molecule has 0 spiro atoms. The van der Waals surface area contributed by atoms with Gasteiger partial charge in [0.25, 0.3) is 16.6 Å². The van der Waals surface area contributed by atoms with Crippen LogP contribution in [0.5, 0.6) is 0 Å². The Morgan fingerprint density at radius 1 is 0.575 bits per heavy atom. The Balaban J connectivity index is 1.77. The second-order valence-electron chi connectivity index (χ2n) is 15.1. The average molecular weight is 575 g/mol. The van der Waals surface area contributed by atoms with Gasteiger partial charge < -0.3 is 8.85 Å². The summed E-state index contributed by atoms with van der Waals surface area (Å²) < 4.78 is 14.5. The van der Waals surface area contributed by atoms with Crippen LogP contribution in [0.3, 0.4) is 0 Å². The van der Waals surface area contributed by atoms with Gasteiger partial charge in [0.05, 0.1) is 11.5 Å². The maximum atomic E-state index is 7.26. The summed E-state index contributed by atoms with van der Waals surface area (Å²) in [7, 11) is -4.19. The van der Waals surface area contributed by atoms with Crippen molar-refractivity contribution in [2.24, 2.45) is 17.8 Å². The molecular formula is C36H54O2Si2. The molecule has 0 bridgehead atoms. The quantitative estimate of drug-likeness (QED) is 0.263. The van der Waals surface area contributed by atoms with Gasteiger partial charge in [0.1, 0.15) is 0 Å². The van der Waals surface area contributed by atoms with Crippen molar-refractivity contribution in [1.29, 1.82) is 0 Å². The second-order valence-corrected chi connectivity index (χ2v) is 24.2. The fourth-order valence-electron chi connectivity index (χ4n) is 6.35. The van der Waals surface area contributed by atoms with E-state index in [-0.39, 0.29) is 27.8 Å². The molecular weight excluding hydrogens is 521 g/mol. The van der Waals surface area contributed by atoms with Gasteiger partial charge in [0.15, 0.2) is 0 Å². The second kappa shape index (κ2) is 10.7. The van der Waals surface area contributed by atoms with Crippen molar-refractivity contribution in [2.75, 3.05) is 0 Å². The minimum absolute atomic E-state index is 0.141. The van der Waals surface area contributed by atoms with Gasteiger partial charge in [-0.25, -0.2) is 0 Å². The first-order valence-corrected chi connectivity index (χ1v) is 21.2. The zero-order valence-electron chi connectivity index (χ0n) is 27.5. The van der Waals surface area contributed by atoms with Crippen LogP contribution < -0.4 is 0 Å². The van der Waals surface area contributed by atoms with Crippen molar-refractivity contribution < 1.29 is 8.85 Å². The number of hydrogen-bond donors (Lipinski definition) is 0. The summed E-state index contributed by atoms with van der Waals surface area (Å²) in [5.41, 5.74) is 5.38. The maximum absolute atomic E-state index is 7.26. The van der Waals surface area contributed by atoms with E-state index in [9.17, 15) is 0 Å². The van der Waals surface area contributed by atoms with Crippen molar-refractivity contribution in [3.05, 3.63) is 82.3 Å². The van der Waals surface area contributed by atoms with Crippen molar-refractivity contribution >= 4 is 28.8 Å². The SMILES string of the molecule is CC(C1C(O[Si](C)(C)C(C)(C)C(C)C)=Cc2ccccc21)C1C(O[Si](C)(C)C(C)(C)C(C)C)=Cc2ccccc21. The third-order valence-corrected chi connectivity index (χ3v) is 20.5. The van der Waals surface area contributed by atoms with Gasteiger partial charge in [-0.2, -0.15) is 0 Å². The van der Waals surface area contributed by atoms with Gasteiger partial charge in [-0.15, -0.1) is 0 Å². The minimum Gasteiger partial charge on any atom is -0.546 e. The number of fused-ring (bicyclic) bond motifs is 2. The first-order chi connectivity index (χ1) is 18.4. The molecule has 0 heterocycles. The van der Waals surface area contributed by atoms with Crippen LogP contribution in [0.15, 0.2) is 60.0 Å². The number of benzene rings is 2. The van der Waals surface area contributed by atoms with E-state index < -0.39 is 16.6 Å². The van der Waals surface area contributed by atoms with Gasteiger partial charge in [-0.3, -0.25) is 0 Å². The zero-order valence-corrected chi connectivity index (χ0v) is 29.5. The third-order valence-electron chi connectivity index (χ3n) is 11.7. The first kappa shape index (κ1) is 30.9. The minimum atomic E-state index is -2.10. The molecule has 2 aromatic rings. The maximum Gasteiger partial charge on any atom is 0.250 e. The molecule has 2 nitrogen and oxygen atoms in total. The average Bonchev–Trinajstić information content (AvgIpc) is 3.39. The molecule has 0 saturated carbocycles. The summed E-state index contributed by atoms with van der Waals surface area (Å²) in [6, 6.07) is 17.8. The molecule has 218 valence electrons. The highest BCUT2D eigenvalue weighted by atomic mass is 28.4. The van der Waals surface area contributed by atoms with Crippen LogP contribution in [0.1, 0.15) is 96.4 Å². The fourth-order valence-corrected chi connectivity index (χ4v) is 11.2. The van der Waals surface area contributed by atoms with Crippen LogP contribution in [0.4, 0.5) is 0 Å². The number of allylic oxidation sites excluding steroid dienone is 2. The lowest BCUT2D eigenvalue weighted by molar-refractivity contribution is 0.264. The van der Waals surface area contributed by atoms with E-state index in [1.165, 1.54) is 22.3 Å². The van der Waals surface area contributed by atoms with Crippen LogP contribution in [0.25, 0.3) is 12.2 Å². The van der Waals surface area contributed by atoms with Crippen molar-refractivity contribution in [3.8, 4) is 0 Å². The Bertz CT molecular complexity index is 1200. The lowest BCUT2D eigenvalue weighted by Gasteiger charge is -2.45. The Morgan fingerprint density at radius 2 is 0.900 bits per heavy atom. The summed E-state index contributed by atoms with van der Waals surface area (Å²) >= 11 is 0. The Hall–Kier alpha value is -2.05. The monoisotopic (exact) mass is 574 g/mol. The molecule has 40 heavy (non-hydrogen) atoms. The highest BCUT2D eigenvalue weighted by molar-refractivity contribution is 6.75. The van der Waals surface area contributed by atoms with Crippen LogP contribution in [0.2, 0.25) is 36.3 Å². The van der Waals surface area contributed by atoms with Crippen molar-refractivity contribution in [1.82, 2.24) is 0 Å². The van der Waals surface area contributed by atoms with Crippen LogP contribution in [-0.4, -0.2) is 16.6 Å². The van der Waals surface area contributed by atoms with Crippen LogP contribution in [-0.2, 0) is 8.85 Å². The molecule has 2 unspecified atom stereocenters. The van der Waals surface area contributed by atoms with Gasteiger partial charge >= 0.3 is 0 Å². The van der Waals surface area contributed by atoms with E-state index >= 15 is 0 Å². The van der Waals surface area contributed by atoms with E-state index in [1.54, 1.807) is 0 Å². The smallest absolute Gasteiger partial charge is 0.250 e. The summed E-state index contributed by atoms with van der Waals surface area (Å²) in [5, 5.41) is 0.283. The van der Waals surface area contributed by atoms with E-state index in [0.29, 0.717) is 11.8 Å². The highest BCUT2D eigenvalue weighted by Gasteiger charge is 2.50. The van der Waals surface area contributed by atoms with E-state index in [0.717, 1.165) is 11.5 Å². The molecule has 4 heteroatoms. The van der Waals surface area contributed by atoms with Crippen LogP contribution >= 0.6 is 0 Å². The molecule has 0 aliphatic heterocycles. The lowest BCUT2D eigenvalue weighted by atomic mass is 9.77. The zero-order chi connectivity index (χ0) is 29.8. The summed E-state index contributed by atoms with van der Waals surface area (Å²) in [6.45, 7) is 31.0. The van der Waals surface area contributed by atoms with Crippen molar-refractivity contribution in [2.45, 2.75) is 110 Å². The van der Waals surface area contributed by atoms with E-state index in [1.807, 2.05) is 0 Å². The fraction of sp³-hybridized carbons (Fsp3) is 0.556. The predicted molar refractivity (Wildman–Crippen MR) is 178 cm³/mol. The van der Waals surface area contributed by atoms with Gasteiger partial charge in [0.2, 0.25) is 0 Å². The molecule has 0 amide bonds. The van der Waals surface area contributed by atoms with Gasteiger partial charge in [-0.05, 0) is 88.4 Å². The Kier molecular flexibility index (Phi) is 8.23. The highest BCUT2D eigenvalue weighted by Crippen LogP contribution is 2.56. The molecule has 4 rings (SSSR count). The largest absolute Gasteiger partial charge is 0.546 e. The standard InChI is InChI=1S/C36H54O2Si2/c1-24(2)35(6,7)39(10,11)37-31-22-27-18-14-16-20-29(27)33(31)26(5)34-30-21-17-15-19-28(30)23-32(34)38-40(12,13)36(8,9)25(3)4/h14-26,33-34H,1-13H3. The molecule has 2 aliphatic rings. The van der Waals surface area contributed by atoms with Crippen molar-refractivity contribution in [3.63, 3.8) is 0 Å². The Labute approximate surface area is 247 Å². The van der Waals surface area contributed by atoms with E-state index in [2.05, 4.69) is 149 Å². The molecule has 0 saturated heterocycles. The third kappa shape index (κ3) is 5.20. The molecule has 2 atom stereocenters. The van der Waals surface area contributed by atoms with Crippen LogP contribution in [0, 0.1) is 17.8 Å². The normalized spacial score (nSPS) is 20.3. The molecule has 0 aromatic heterocycles.